The maximum absolute atomic E-state index is 13.0. The highest BCUT2D eigenvalue weighted by Crippen LogP contribution is 2.21. The Kier molecular flexibility index (Phi) is 5.56. The number of carbonyl (C=O) groups is 1. The molecule has 4 aromatic rings. The lowest BCUT2D eigenvalue weighted by Gasteiger charge is -2.16. The van der Waals surface area contributed by atoms with Crippen molar-refractivity contribution in [1.82, 2.24) is 19.5 Å². The molecule has 0 unspecified atom stereocenters. The summed E-state index contributed by atoms with van der Waals surface area (Å²) in [4.78, 5) is 39.0. The van der Waals surface area contributed by atoms with Crippen molar-refractivity contribution >= 4 is 22.5 Å². The molecule has 5 rings (SSSR count). The molecule has 1 aliphatic heterocycles. The van der Waals surface area contributed by atoms with Crippen molar-refractivity contribution in [2.75, 3.05) is 5.32 Å². The summed E-state index contributed by atoms with van der Waals surface area (Å²) in [5.41, 5.74) is 2.02. The van der Waals surface area contributed by atoms with Gasteiger partial charge in [0.25, 0.3) is 11.5 Å². The summed E-state index contributed by atoms with van der Waals surface area (Å²) >= 11 is 0. The third-order valence-electron chi connectivity index (χ3n) is 5.84. The van der Waals surface area contributed by atoms with Gasteiger partial charge in [-0.25, -0.2) is 15.0 Å². The number of benzene rings is 2. The number of aromatic nitrogens is 4. The number of carbonyl (C=O) groups excluding carboxylic acids is 1. The molecule has 0 bridgehead atoms. The van der Waals surface area contributed by atoms with Crippen molar-refractivity contribution in [2.24, 2.45) is 0 Å². The number of anilines is 1. The van der Waals surface area contributed by atoms with E-state index >= 15 is 0 Å². The lowest BCUT2D eigenvalue weighted by atomic mass is 10.1. The van der Waals surface area contributed by atoms with Gasteiger partial charge in [0, 0.05) is 24.1 Å². The molecule has 33 heavy (non-hydrogen) atoms. The number of phenols is 1. The molecule has 3 heterocycles. The highest BCUT2D eigenvalue weighted by Gasteiger charge is 2.15. The van der Waals surface area contributed by atoms with Gasteiger partial charge in [0.15, 0.2) is 5.82 Å². The van der Waals surface area contributed by atoms with E-state index in [1.54, 1.807) is 47.0 Å². The third-order valence-corrected chi connectivity index (χ3v) is 5.84. The number of rotatable bonds is 3. The van der Waals surface area contributed by atoms with Crippen LogP contribution in [0.2, 0.25) is 0 Å². The summed E-state index contributed by atoms with van der Waals surface area (Å²) in [5, 5.41) is 12.9. The van der Waals surface area contributed by atoms with Crippen LogP contribution in [-0.2, 0) is 13.0 Å². The van der Waals surface area contributed by atoms with E-state index in [1.807, 2.05) is 0 Å². The largest absolute Gasteiger partial charge is 0.508 e. The van der Waals surface area contributed by atoms with E-state index in [0.717, 1.165) is 37.9 Å². The summed E-state index contributed by atoms with van der Waals surface area (Å²) in [6.07, 6.45) is 8.05. The lowest BCUT2D eigenvalue weighted by molar-refractivity contribution is 0.102. The normalized spacial score (nSPS) is 13.7. The zero-order valence-electron chi connectivity index (χ0n) is 18.0. The van der Waals surface area contributed by atoms with E-state index < -0.39 is 0 Å². The Hall–Kier alpha value is -4.07. The van der Waals surface area contributed by atoms with E-state index in [0.29, 0.717) is 40.1 Å². The van der Waals surface area contributed by atoms with Crippen LogP contribution in [0.25, 0.3) is 22.3 Å². The smallest absolute Gasteiger partial charge is 0.261 e. The zero-order chi connectivity index (χ0) is 22.8. The molecule has 0 spiro atoms. The fourth-order valence-corrected chi connectivity index (χ4v) is 4.13. The molecule has 0 saturated carbocycles. The highest BCUT2D eigenvalue weighted by atomic mass is 16.3. The summed E-state index contributed by atoms with van der Waals surface area (Å²) in [6, 6.07) is 11.6. The van der Waals surface area contributed by atoms with Gasteiger partial charge in [0.1, 0.15) is 11.6 Å². The molecule has 0 radical (unpaired) electrons. The van der Waals surface area contributed by atoms with Gasteiger partial charge >= 0.3 is 0 Å². The standard InChI is InChI=1S/C25H23N5O3/c31-19-7-5-6-16(12-19)23-26-14-18(15-27-23)28-24(32)17-9-10-20-21(13-17)29-22-8-3-1-2-4-11-30(22)25(20)33/h5-7,9-10,12-15,31H,1-4,8,11H2,(H,28,32). The molecule has 8 heteroatoms. The third kappa shape index (κ3) is 4.32. The van der Waals surface area contributed by atoms with E-state index in [1.165, 1.54) is 12.4 Å². The van der Waals surface area contributed by atoms with Crippen molar-refractivity contribution in [3.63, 3.8) is 0 Å². The van der Waals surface area contributed by atoms with E-state index in [2.05, 4.69) is 15.3 Å². The van der Waals surface area contributed by atoms with Gasteiger partial charge in [0.2, 0.25) is 0 Å². The van der Waals surface area contributed by atoms with Crippen molar-refractivity contribution in [3.8, 4) is 17.1 Å². The molecule has 0 fully saturated rings. The maximum Gasteiger partial charge on any atom is 0.261 e. The van der Waals surface area contributed by atoms with Crippen LogP contribution in [-0.4, -0.2) is 30.5 Å². The minimum atomic E-state index is -0.334. The van der Waals surface area contributed by atoms with Crippen LogP contribution in [0.1, 0.15) is 41.9 Å². The molecule has 2 aromatic heterocycles. The summed E-state index contributed by atoms with van der Waals surface area (Å²) in [5.74, 6) is 1.03. The molecule has 2 aromatic carbocycles. The second-order valence-electron chi connectivity index (χ2n) is 8.18. The molecule has 0 atom stereocenters. The van der Waals surface area contributed by atoms with Crippen LogP contribution in [0.4, 0.5) is 5.69 Å². The monoisotopic (exact) mass is 441 g/mol. The molecule has 1 amide bonds. The summed E-state index contributed by atoms with van der Waals surface area (Å²) < 4.78 is 1.78. The molecule has 0 aliphatic carbocycles. The molecular weight excluding hydrogens is 418 g/mol. The average molecular weight is 441 g/mol. The number of fused-ring (bicyclic) bond motifs is 2. The highest BCUT2D eigenvalue weighted by molar-refractivity contribution is 6.05. The van der Waals surface area contributed by atoms with E-state index in [4.69, 9.17) is 4.98 Å². The number of amides is 1. The molecule has 2 N–H and O–H groups in total. The van der Waals surface area contributed by atoms with Gasteiger partial charge in [-0.05, 0) is 43.2 Å². The Morgan fingerprint density at radius 2 is 1.82 bits per heavy atom. The van der Waals surface area contributed by atoms with Crippen LogP contribution in [0, 0.1) is 0 Å². The van der Waals surface area contributed by atoms with Crippen LogP contribution in [0.3, 0.4) is 0 Å². The first-order chi connectivity index (χ1) is 16.1. The Morgan fingerprint density at radius 3 is 2.64 bits per heavy atom. The fourth-order valence-electron chi connectivity index (χ4n) is 4.13. The summed E-state index contributed by atoms with van der Waals surface area (Å²) in [7, 11) is 0. The van der Waals surface area contributed by atoms with Gasteiger partial charge < -0.3 is 10.4 Å². The van der Waals surface area contributed by atoms with Gasteiger partial charge in [-0.1, -0.05) is 25.0 Å². The summed E-state index contributed by atoms with van der Waals surface area (Å²) in [6.45, 7) is 0.692. The SMILES string of the molecule is O=C(Nc1cnc(-c2cccc(O)c2)nc1)c1ccc2c(=O)n3c(nc2c1)CCCCCC3. The van der Waals surface area contributed by atoms with Crippen LogP contribution in [0.5, 0.6) is 5.75 Å². The Bertz CT molecular complexity index is 1400. The van der Waals surface area contributed by atoms with Crippen LogP contribution >= 0.6 is 0 Å². The first-order valence-electron chi connectivity index (χ1n) is 11.0. The zero-order valence-corrected chi connectivity index (χ0v) is 18.0. The second-order valence-corrected chi connectivity index (χ2v) is 8.18. The van der Waals surface area contributed by atoms with Gasteiger partial charge in [-0.2, -0.15) is 0 Å². The maximum atomic E-state index is 13.0. The number of phenolic OH excluding ortho intramolecular Hbond substituents is 1. The number of nitrogens with one attached hydrogen (secondary N) is 1. The Balaban J connectivity index is 1.39. The van der Waals surface area contributed by atoms with Gasteiger partial charge in [0.05, 0.1) is 29.0 Å². The minimum Gasteiger partial charge on any atom is -0.508 e. The van der Waals surface area contributed by atoms with Crippen molar-refractivity contribution < 1.29 is 9.90 Å². The molecule has 166 valence electrons. The quantitative estimate of drug-likeness (QED) is 0.499. The van der Waals surface area contributed by atoms with Gasteiger partial charge in [-0.15, -0.1) is 0 Å². The lowest BCUT2D eigenvalue weighted by Crippen LogP contribution is -2.26. The molecule has 8 nitrogen and oxygen atoms in total. The second kappa shape index (κ2) is 8.82. The number of aromatic hydroxyl groups is 1. The number of nitrogens with zero attached hydrogens (tertiary/aromatic N) is 4. The fraction of sp³-hybridized carbons (Fsp3) is 0.240. The number of hydrogen-bond acceptors (Lipinski definition) is 6. The first-order valence-corrected chi connectivity index (χ1v) is 11.0. The predicted molar refractivity (Wildman–Crippen MR) is 125 cm³/mol. The van der Waals surface area contributed by atoms with Crippen molar-refractivity contribution in [2.45, 2.75) is 38.6 Å². The van der Waals surface area contributed by atoms with Crippen molar-refractivity contribution in [3.05, 3.63) is 76.6 Å². The minimum absolute atomic E-state index is 0.0419. The average Bonchev–Trinajstić information content (AvgIpc) is 2.80. The Morgan fingerprint density at radius 1 is 1.00 bits per heavy atom. The molecule has 0 saturated heterocycles. The van der Waals surface area contributed by atoms with Crippen molar-refractivity contribution in [1.29, 1.82) is 0 Å². The predicted octanol–water partition coefficient (Wildman–Crippen LogP) is 3.93. The van der Waals surface area contributed by atoms with E-state index in [9.17, 15) is 14.7 Å². The molecule has 1 aliphatic rings. The molecular formula is C25H23N5O3. The topological polar surface area (TPSA) is 110 Å². The van der Waals surface area contributed by atoms with E-state index in [-0.39, 0.29) is 17.2 Å². The van der Waals surface area contributed by atoms with Crippen LogP contribution < -0.4 is 10.9 Å². The van der Waals surface area contributed by atoms with Crippen LogP contribution in [0.15, 0.2) is 59.7 Å². The Labute approximate surface area is 190 Å². The number of aryl methyl sites for hydroxylation is 1. The first kappa shape index (κ1) is 20.8. The number of hydrogen-bond donors (Lipinski definition) is 2. The van der Waals surface area contributed by atoms with Gasteiger partial charge in [-0.3, -0.25) is 14.2 Å².